The Morgan fingerprint density at radius 3 is 2.41 bits per heavy atom. The minimum Gasteiger partial charge on any atom is -0.507 e. The Balaban J connectivity index is 1.56. The van der Waals surface area contributed by atoms with Gasteiger partial charge in [-0.1, -0.05) is 54.6 Å². The molecule has 7 heteroatoms. The third-order valence-electron chi connectivity index (χ3n) is 4.76. The smallest absolute Gasteiger partial charge is 0.287 e. The molecule has 0 spiro atoms. The Morgan fingerprint density at radius 1 is 0.875 bits per heavy atom. The summed E-state index contributed by atoms with van der Waals surface area (Å²) >= 11 is 0. The average molecular weight is 424 g/mol. The Kier molecular flexibility index (Phi) is 6.08. The summed E-state index contributed by atoms with van der Waals surface area (Å²) in [5, 5.41) is 17.7. The maximum absolute atomic E-state index is 12.8. The van der Waals surface area contributed by atoms with Gasteiger partial charge in [-0.25, -0.2) is 5.43 Å². The van der Waals surface area contributed by atoms with Crippen molar-refractivity contribution in [2.45, 2.75) is 0 Å². The Bertz CT molecular complexity index is 1320. The van der Waals surface area contributed by atoms with Crippen LogP contribution in [0.15, 0.2) is 95.9 Å². The molecule has 0 bridgehead atoms. The molecule has 0 fully saturated rings. The highest BCUT2D eigenvalue weighted by molar-refractivity contribution is 6.06. The van der Waals surface area contributed by atoms with E-state index in [4.69, 9.17) is 0 Å². The van der Waals surface area contributed by atoms with Crippen LogP contribution in [0.1, 0.15) is 21.5 Å². The van der Waals surface area contributed by atoms with E-state index in [1.54, 1.807) is 54.7 Å². The van der Waals surface area contributed by atoms with Crippen molar-refractivity contribution in [3.05, 3.63) is 107 Å². The van der Waals surface area contributed by atoms with Gasteiger partial charge in [0.05, 0.1) is 6.21 Å². The summed E-state index contributed by atoms with van der Waals surface area (Å²) in [7, 11) is 0. The van der Waals surface area contributed by atoms with Gasteiger partial charge in [0.25, 0.3) is 11.8 Å². The number of carbonyl (C=O) groups excluding carboxylic acids is 2. The van der Waals surface area contributed by atoms with E-state index in [1.165, 1.54) is 18.4 Å². The SMILES string of the molecule is O=C(N/N=C\c1c[nH]c2ccccc12)/C(=C/c1ccccc1O)NC(=O)c1ccccc1. The molecule has 0 unspecified atom stereocenters. The fraction of sp³-hybridized carbons (Fsp3) is 0. The number of hydrogen-bond acceptors (Lipinski definition) is 4. The molecule has 0 aliphatic rings. The lowest BCUT2D eigenvalue weighted by Gasteiger charge is -2.09. The summed E-state index contributed by atoms with van der Waals surface area (Å²) in [5.74, 6) is -1.11. The van der Waals surface area contributed by atoms with E-state index in [1.807, 2.05) is 24.3 Å². The quantitative estimate of drug-likeness (QED) is 0.215. The number of phenolic OH excluding ortho intramolecular Hbond substituents is 1. The van der Waals surface area contributed by atoms with Crippen LogP contribution in [0.4, 0.5) is 0 Å². The minimum atomic E-state index is -0.631. The number of hydrogen-bond donors (Lipinski definition) is 4. The van der Waals surface area contributed by atoms with Gasteiger partial charge in [-0.05, 0) is 30.3 Å². The second-order valence-corrected chi connectivity index (χ2v) is 6.93. The maximum atomic E-state index is 12.8. The number of para-hydroxylation sites is 2. The normalized spacial score (nSPS) is 11.6. The summed E-state index contributed by atoms with van der Waals surface area (Å²) in [5.41, 5.74) is 4.91. The first-order chi connectivity index (χ1) is 15.6. The lowest BCUT2D eigenvalue weighted by Crippen LogP contribution is -2.32. The predicted octanol–water partition coefficient (Wildman–Crippen LogP) is 3.79. The molecule has 1 aromatic heterocycles. The van der Waals surface area contributed by atoms with E-state index in [2.05, 4.69) is 20.8 Å². The maximum Gasteiger partial charge on any atom is 0.287 e. The van der Waals surface area contributed by atoms with Crippen molar-refractivity contribution in [2.24, 2.45) is 5.10 Å². The van der Waals surface area contributed by atoms with Crippen LogP contribution >= 0.6 is 0 Å². The van der Waals surface area contributed by atoms with Gasteiger partial charge in [0.1, 0.15) is 11.4 Å². The molecule has 1 heterocycles. The number of hydrazone groups is 1. The first-order valence-corrected chi connectivity index (χ1v) is 9.87. The molecule has 4 aromatic rings. The summed E-state index contributed by atoms with van der Waals surface area (Å²) in [6.45, 7) is 0. The van der Waals surface area contributed by atoms with E-state index >= 15 is 0 Å². The number of nitrogens with zero attached hydrogens (tertiary/aromatic N) is 1. The number of rotatable bonds is 6. The van der Waals surface area contributed by atoms with Crippen molar-refractivity contribution in [1.29, 1.82) is 0 Å². The van der Waals surface area contributed by atoms with Crippen LogP contribution in [0.5, 0.6) is 5.75 Å². The van der Waals surface area contributed by atoms with Crippen LogP contribution in [0.25, 0.3) is 17.0 Å². The van der Waals surface area contributed by atoms with Gasteiger partial charge in [-0.2, -0.15) is 5.10 Å². The molecule has 0 radical (unpaired) electrons. The highest BCUT2D eigenvalue weighted by Crippen LogP contribution is 2.19. The van der Waals surface area contributed by atoms with Gasteiger partial charge >= 0.3 is 0 Å². The van der Waals surface area contributed by atoms with Crippen molar-refractivity contribution in [1.82, 2.24) is 15.7 Å². The first kappa shape index (κ1) is 20.6. The Hall–Kier alpha value is -4.65. The van der Waals surface area contributed by atoms with Crippen LogP contribution < -0.4 is 10.7 Å². The van der Waals surface area contributed by atoms with Gasteiger partial charge in [0.15, 0.2) is 0 Å². The number of aromatic hydroxyl groups is 1. The van der Waals surface area contributed by atoms with Gasteiger partial charge in [-0.3, -0.25) is 9.59 Å². The topological polar surface area (TPSA) is 107 Å². The fourth-order valence-electron chi connectivity index (χ4n) is 3.13. The molecule has 0 saturated carbocycles. The second kappa shape index (κ2) is 9.44. The number of fused-ring (bicyclic) bond motifs is 1. The molecule has 3 aromatic carbocycles. The number of aromatic amines is 1. The van der Waals surface area contributed by atoms with Crippen molar-refractivity contribution < 1.29 is 14.7 Å². The molecule has 0 aliphatic carbocycles. The second-order valence-electron chi connectivity index (χ2n) is 6.93. The molecular weight excluding hydrogens is 404 g/mol. The number of H-pyrrole nitrogens is 1. The van der Waals surface area contributed by atoms with E-state index in [9.17, 15) is 14.7 Å². The minimum absolute atomic E-state index is 0.0194. The zero-order valence-corrected chi connectivity index (χ0v) is 16.9. The Labute approximate surface area is 184 Å². The van der Waals surface area contributed by atoms with Gasteiger partial charge in [-0.15, -0.1) is 0 Å². The number of benzene rings is 3. The van der Waals surface area contributed by atoms with Crippen LogP contribution in [0.3, 0.4) is 0 Å². The van der Waals surface area contributed by atoms with E-state index in [-0.39, 0.29) is 11.4 Å². The lowest BCUT2D eigenvalue weighted by molar-refractivity contribution is -0.117. The Morgan fingerprint density at radius 2 is 1.59 bits per heavy atom. The predicted molar refractivity (Wildman–Crippen MR) is 124 cm³/mol. The zero-order valence-electron chi connectivity index (χ0n) is 16.9. The molecule has 7 nitrogen and oxygen atoms in total. The largest absolute Gasteiger partial charge is 0.507 e. The van der Waals surface area contributed by atoms with E-state index in [0.717, 1.165) is 16.5 Å². The number of amides is 2. The zero-order chi connectivity index (χ0) is 22.3. The fourth-order valence-corrected chi connectivity index (χ4v) is 3.13. The van der Waals surface area contributed by atoms with Crippen LogP contribution in [-0.4, -0.2) is 28.1 Å². The van der Waals surface area contributed by atoms with Crippen LogP contribution in [0, 0.1) is 0 Å². The van der Waals surface area contributed by atoms with Crippen molar-refractivity contribution >= 4 is 35.0 Å². The molecule has 32 heavy (non-hydrogen) atoms. The number of aromatic nitrogens is 1. The summed E-state index contributed by atoms with van der Waals surface area (Å²) < 4.78 is 0. The first-order valence-electron chi connectivity index (χ1n) is 9.87. The molecule has 0 saturated heterocycles. The third kappa shape index (κ3) is 4.73. The third-order valence-corrected chi connectivity index (χ3v) is 4.76. The van der Waals surface area contributed by atoms with Crippen LogP contribution in [0.2, 0.25) is 0 Å². The van der Waals surface area contributed by atoms with Gasteiger partial charge < -0.3 is 15.4 Å². The molecule has 4 rings (SSSR count). The van der Waals surface area contributed by atoms with Crippen LogP contribution in [-0.2, 0) is 4.79 Å². The van der Waals surface area contributed by atoms with Crippen molar-refractivity contribution in [3.8, 4) is 5.75 Å². The number of nitrogens with one attached hydrogen (secondary N) is 3. The van der Waals surface area contributed by atoms with E-state index < -0.39 is 11.8 Å². The molecule has 4 N–H and O–H groups in total. The summed E-state index contributed by atoms with van der Waals surface area (Å²) in [6.07, 6.45) is 4.70. The lowest BCUT2D eigenvalue weighted by atomic mass is 10.1. The van der Waals surface area contributed by atoms with Crippen molar-refractivity contribution in [2.75, 3.05) is 0 Å². The standard InChI is InChI=1S/C25H20N4O3/c30-23-13-7-4-10-18(23)14-22(28-24(31)17-8-2-1-3-9-17)25(32)29-27-16-19-15-26-21-12-6-5-11-20(19)21/h1-16,26,30H,(H,28,31)(H,29,32)/b22-14-,27-16-. The van der Waals surface area contributed by atoms with E-state index in [0.29, 0.717) is 11.1 Å². The van der Waals surface area contributed by atoms with Crippen molar-refractivity contribution in [3.63, 3.8) is 0 Å². The average Bonchev–Trinajstić information content (AvgIpc) is 3.23. The van der Waals surface area contributed by atoms with Gasteiger partial charge in [0, 0.05) is 33.8 Å². The number of carbonyl (C=O) groups is 2. The molecule has 158 valence electrons. The molecular formula is C25H20N4O3. The number of phenols is 1. The summed E-state index contributed by atoms with van der Waals surface area (Å²) in [4.78, 5) is 28.6. The summed E-state index contributed by atoms with van der Waals surface area (Å²) in [6, 6.07) is 22.8. The molecule has 2 amide bonds. The monoisotopic (exact) mass is 424 g/mol. The van der Waals surface area contributed by atoms with Gasteiger partial charge in [0.2, 0.25) is 0 Å². The highest BCUT2D eigenvalue weighted by atomic mass is 16.3. The molecule has 0 aliphatic heterocycles. The highest BCUT2D eigenvalue weighted by Gasteiger charge is 2.15. The molecule has 0 atom stereocenters.